The van der Waals surface area contributed by atoms with E-state index in [0.29, 0.717) is 13.0 Å². The largest absolute Gasteiger partial charge is 0.478 e. The van der Waals surface area contributed by atoms with Crippen LogP contribution in [0.1, 0.15) is 20.3 Å². The van der Waals surface area contributed by atoms with Gasteiger partial charge in [-0.3, -0.25) is 0 Å². The molecule has 0 aliphatic carbocycles. The van der Waals surface area contributed by atoms with Gasteiger partial charge < -0.3 is 9.84 Å². The Labute approximate surface area is 65.8 Å². The van der Waals surface area contributed by atoms with E-state index in [1.165, 1.54) is 0 Å². The number of hydrogen-bond donors (Lipinski definition) is 2. The third kappa shape index (κ3) is 2.19. The van der Waals surface area contributed by atoms with Gasteiger partial charge in [-0.15, -0.1) is 12.6 Å². The summed E-state index contributed by atoms with van der Waals surface area (Å²) in [6, 6.07) is 0. The van der Waals surface area contributed by atoms with Crippen LogP contribution in [0, 0.1) is 0 Å². The van der Waals surface area contributed by atoms with Crippen molar-refractivity contribution in [3.05, 3.63) is 0 Å². The summed E-state index contributed by atoms with van der Waals surface area (Å²) in [4.78, 5) is 9.14. The molecular formula is C6H12O3S. The average Bonchev–Trinajstić information content (AvgIpc) is 1.88. The third-order valence-corrected chi connectivity index (χ3v) is 1.83. The number of carboxylic acids is 1. The Hall–Kier alpha value is -0.220. The standard InChI is InChI=1S/C6H12O3S/c1-3-6(10,5(7)8)9-4-2/h10H,3-4H2,1-2H3,(H,7,8)/t6-/m0/s1. The molecule has 3 nitrogen and oxygen atoms in total. The van der Waals surface area contributed by atoms with Gasteiger partial charge in [-0.1, -0.05) is 6.92 Å². The van der Waals surface area contributed by atoms with Gasteiger partial charge in [0, 0.05) is 6.61 Å². The quantitative estimate of drug-likeness (QED) is 0.484. The molecule has 0 heterocycles. The van der Waals surface area contributed by atoms with Crippen LogP contribution in [0.25, 0.3) is 0 Å². The Morgan fingerprint density at radius 3 is 2.30 bits per heavy atom. The number of carbonyl (C=O) groups is 1. The van der Waals surface area contributed by atoms with Crippen molar-refractivity contribution in [2.24, 2.45) is 0 Å². The molecule has 4 heteroatoms. The molecule has 0 rings (SSSR count). The molecule has 0 aliphatic heterocycles. The molecule has 0 saturated carbocycles. The van der Waals surface area contributed by atoms with E-state index in [1.807, 2.05) is 0 Å². The van der Waals surface area contributed by atoms with Gasteiger partial charge in [-0.2, -0.15) is 0 Å². The van der Waals surface area contributed by atoms with Crippen molar-refractivity contribution in [3.8, 4) is 0 Å². The van der Waals surface area contributed by atoms with Crippen molar-refractivity contribution in [2.45, 2.75) is 25.2 Å². The van der Waals surface area contributed by atoms with Crippen LogP contribution in [0.4, 0.5) is 0 Å². The van der Waals surface area contributed by atoms with Crippen molar-refractivity contribution in [1.29, 1.82) is 0 Å². The fourth-order valence-electron chi connectivity index (χ4n) is 0.554. The van der Waals surface area contributed by atoms with E-state index in [9.17, 15) is 4.79 Å². The summed E-state index contributed by atoms with van der Waals surface area (Å²) in [5.41, 5.74) is 0. The van der Waals surface area contributed by atoms with Crippen molar-refractivity contribution in [2.75, 3.05) is 6.61 Å². The Morgan fingerprint density at radius 2 is 2.20 bits per heavy atom. The van der Waals surface area contributed by atoms with E-state index >= 15 is 0 Å². The molecule has 0 amide bonds. The van der Waals surface area contributed by atoms with E-state index in [1.54, 1.807) is 13.8 Å². The molecule has 0 spiro atoms. The van der Waals surface area contributed by atoms with Crippen LogP contribution in [-0.2, 0) is 9.53 Å². The van der Waals surface area contributed by atoms with Gasteiger partial charge in [0.1, 0.15) is 0 Å². The van der Waals surface area contributed by atoms with E-state index in [4.69, 9.17) is 9.84 Å². The lowest BCUT2D eigenvalue weighted by atomic mass is 10.3. The average molecular weight is 164 g/mol. The molecule has 10 heavy (non-hydrogen) atoms. The fourth-order valence-corrected chi connectivity index (χ4v) is 0.683. The minimum Gasteiger partial charge on any atom is -0.478 e. The molecule has 0 unspecified atom stereocenters. The van der Waals surface area contributed by atoms with Crippen LogP contribution in [0.15, 0.2) is 0 Å². The van der Waals surface area contributed by atoms with Crippen LogP contribution >= 0.6 is 12.6 Å². The third-order valence-electron chi connectivity index (χ3n) is 1.20. The fraction of sp³-hybridized carbons (Fsp3) is 0.833. The topological polar surface area (TPSA) is 46.5 Å². The maximum atomic E-state index is 10.4. The highest BCUT2D eigenvalue weighted by atomic mass is 32.1. The van der Waals surface area contributed by atoms with Crippen molar-refractivity contribution in [1.82, 2.24) is 0 Å². The molecule has 0 aromatic rings. The lowest BCUT2D eigenvalue weighted by Crippen LogP contribution is -2.34. The van der Waals surface area contributed by atoms with Gasteiger partial charge in [-0.05, 0) is 13.3 Å². The summed E-state index contributed by atoms with van der Waals surface area (Å²) in [7, 11) is 0. The number of rotatable bonds is 4. The summed E-state index contributed by atoms with van der Waals surface area (Å²) in [5, 5.41) is 8.56. The van der Waals surface area contributed by atoms with E-state index < -0.39 is 10.9 Å². The molecule has 0 aromatic heterocycles. The van der Waals surface area contributed by atoms with Crippen molar-refractivity contribution >= 4 is 18.6 Å². The predicted octanol–water partition coefficient (Wildman–Crippen LogP) is 1.14. The minimum atomic E-state index is -1.30. The molecule has 0 saturated heterocycles. The zero-order valence-corrected chi connectivity index (χ0v) is 7.02. The molecule has 0 aliphatic rings. The number of aliphatic carboxylic acids is 1. The zero-order valence-electron chi connectivity index (χ0n) is 6.13. The first-order chi connectivity index (χ1) is 4.56. The monoisotopic (exact) mass is 164 g/mol. The maximum absolute atomic E-state index is 10.4. The second kappa shape index (κ2) is 3.83. The van der Waals surface area contributed by atoms with Crippen LogP contribution in [0.2, 0.25) is 0 Å². The highest BCUT2D eigenvalue weighted by Crippen LogP contribution is 2.20. The molecule has 0 radical (unpaired) electrons. The molecule has 0 aromatic carbocycles. The second-order valence-corrected chi connectivity index (χ2v) is 2.60. The van der Waals surface area contributed by atoms with E-state index in [2.05, 4.69) is 12.6 Å². The number of thiol groups is 1. The summed E-state index contributed by atoms with van der Waals surface area (Å²) < 4.78 is 4.90. The minimum absolute atomic E-state index is 0.360. The van der Waals surface area contributed by atoms with Gasteiger partial charge in [0.25, 0.3) is 0 Å². The highest BCUT2D eigenvalue weighted by Gasteiger charge is 2.32. The van der Waals surface area contributed by atoms with Gasteiger partial charge >= 0.3 is 5.97 Å². The molecule has 0 bridgehead atoms. The molecule has 1 N–H and O–H groups in total. The highest BCUT2D eigenvalue weighted by molar-refractivity contribution is 7.82. The van der Waals surface area contributed by atoms with Crippen LogP contribution in [-0.4, -0.2) is 22.6 Å². The predicted molar refractivity (Wildman–Crippen MR) is 41.3 cm³/mol. The van der Waals surface area contributed by atoms with Crippen LogP contribution < -0.4 is 0 Å². The SMILES string of the molecule is CCO[C@](S)(CC)C(=O)O. The van der Waals surface area contributed by atoms with Crippen molar-refractivity contribution < 1.29 is 14.6 Å². The van der Waals surface area contributed by atoms with Gasteiger partial charge in [0.05, 0.1) is 0 Å². The van der Waals surface area contributed by atoms with Gasteiger partial charge in [-0.25, -0.2) is 4.79 Å². The Kier molecular flexibility index (Phi) is 3.75. The lowest BCUT2D eigenvalue weighted by molar-refractivity contribution is -0.153. The molecule has 1 atom stereocenters. The number of hydrogen-bond acceptors (Lipinski definition) is 3. The summed E-state index contributed by atoms with van der Waals surface area (Å²) in [5.74, 6) is -1.03. The lowest BCUT2D eigenvalue weighted by Gasteiger charge is -2.21. The number of carboxylic acid groups (broad SMARTS) is 1. The van der Waals surface area contributed by atoms with Gasteiger partial charge in [0.15, 0.2) is 0 Å². The summed E-state index contributed by atoms with van der Waals surface area (Å²) in [6.07, 6.45) is 0.360. The smallest absolute Gasteiger partial charge is 0.346 e. The summed E-state index contributed by atoms with van der Waals surface area (Å²) >= 11 is 3.87. The number of ether oxygens (including phenoxy) is 1. The Bertz CT molecular complexity index is 126. The van der Waals surface area contributed by atoms with E-state index in [-0.39, 0.29) is 0 Å². The molecule has 60 valence electrons. The van der Waals surface area contributed by atoms with Crippen molar-refractivity contribution in [3.63, 3.8) is 0 Å². The van der Waals surface area contributed by atoms with Crippen LogP contribution in [0.5, 0.6) is 0 Å². The summed E-state index contributed by atoms with van der Waals surface area (Å²) in [6.45, 7) is 3.82. The van der Waals surface area contributed by atoms with E-state index in [0.717, 1.165) is 0 Å². The maximum Gasteiger partial charge on any atom is 0.346 e. The Balaban J connectivity index is 4.08. The second-order valence-electron chi connectivity index (χ2n) is 1.88. The van der Waals surface area contributed by atoms with Crippen LogP contribution in [0.3, 0.4) is 0 Å². The first-order valence-corrected chi connectivity index (χ1v) is 3.61. The first kappa shape index (κ1) is 9.78. The first-order valence-electron chi connectivity index (χ1n) is 3.16. The normalized spacial score (nSPS) is 16.3. The molecule has 0 fully saturated rings. The Morgan fingerprint density at radius 1 is 1.70 bits per heavy atom. The zero-order chi connectivity index (χ0) is 8.20. The van der Waals surface area contributed by atoms with Gasteiger partial charge in [0.2, 0.25) is 4.93 Å². The molecular weight excluding hydrogens is 152 g/mol.